The van der Waals surface area contributed by atoms with Crippen molar-refractivity contribution in [3.05, 3.63) is 81.6 Å². The van der Waals surface area contributed by atoms with Crippen LogP contribution in [-0.4, -0.2) is 108 Å². The van der Waals surface area contributed by atoms with E-state index in [1.54, 1.807) is 39.2 Å². The topological polar surface area (TPSA) is 196 Å². The van der Waals surface area contributed by atoms with Crippen LogP contribution in [0.15, 0.2) is 48.5 Å². The van der Waals surface area contributed by atoms with Crippen molar-refractivity contribution in [2.45, 2.75) is 96.2 Å². The Morgan fingerprint density at radius 2 is 1.61 bits per heavy atom. The van der Waals surface area contributed by atoms with Crippen molar-refractivity contribution >= 4 is 69.5 Å². The summed E-state index contributed by atoms with van der Waals surface area (Å²) in [7, 11) is 1.60. The highest BCUT2D eigenvalue weighted by atomic mass is 35.5. The van der Waals surface area contributed by atoms with Gasteiger partial charge in [-0.3, -0.25) is 29.9 Å². The quantitative estimate of drug-likeness (QED) is 0.0878. The van der Waals surface area contributed by atoms with Gasteiger partial charge >= 0.3 is 18.3 Å². The normalized spacial score (nSPS) is 19.9. The average Bonchev–Trinajstić information content (AvgIpc) is 3.34. The van der Waals surface area contributed by atoms with E-state index in [9.17, 15) is 42.3 Å². The number of nitrogens with zero attached hydrogens (tertiary/aromatic N) is 5. The van der Waals surface area contributed by atoms with Gasteiger partial charge in [-0.25, -0.2) is 19.6 Å². The van der Waals surface area contributed by atoms with E-state index in [4.69, 9.17) is 21.1 Å². The van der Waals surface area contributed by atoms with Gasteiger partial charge in [-0.2, -0.15) is 13.2 Å². The zero-order valence-electron chi connectivity index (χ0n) is 40.1. The largest absolute Gasteiger partial charge is 0.496 e. The number of carboxylic acid groups (broad SMARTS) is 1. The summed E-state index contributed by atoms with van der Waals surface area (Å²) in [6.45, 7) is 7.51. The SMILES string of the molecule is COc1cc2nc(C)nc(N[C@H](C)c3cc(NC(=O)O)cc(C(F)(F)F)c3)c2cc1C1CCC(C(=O)N2CCC(CCOCC3CCN(C(=O)c4ccc(Cl)c(N5CCC(=O)NC5=O)c4)CC3)CC2)CC1. The van der Waals surface area contributed by atoms with Crippen LogP contribution in [0.1, 0.15) is 116 Å². The molecule has 4 aliphatic rings. The smallest absolute Gasteiger partial charge is 0.416 e. The van der Waals surface area contributed by atoms with Crippen LogP contribution >= 0.6 is 11.6 Å². The summed E-state index contributed by atoms with van der Waals surface area (Å²) in [6.07, 6.45) is 1.40. The number of fused-ring (bicyclic) bond motifs is 1. The molecule has 20 heteroatoms. The van der Waals surface area contributed by atoms with Crippen LogP contribution in [0.5, 0.6) is 5.75 Å². The third kappa shape index (κ3) is 12.3. The zero-order valence-corrected chi connectivity index (χ0v) is 40.8. The highest BCUT2D eigenvalue weighted by Crippen LogP contribution is 2.43. The third-order valence-electron chi connectivity index (χ3n) is 14.5. The van der Waals surface area contributed by atoms with E-state index in [0.717, 1.165) is 88.6 Å². The summed E-state index contributed by atoms with van der Waals surface area (Å²) in [4.78, 5) is 77.1. The second kappa shape index (κ2) is 22.1. The minimum absolute atomic E-state index is 0.0733. The number of anilines is 3. The Hall–Kier alpha value is -6.21. The first kappa shape index (κ1) is 51.2. The molecule has 1 saturated carbocycles. The van der Waals surface area contributed by atoms with Gasteiger partial charge in [-0.15, -0.1) is 0 Å². The van der Waals surface area contributed by atoms with E-state index in [1.165, 1.54) is 11.0 Å². The summed E-state index contributed by atoms with van der Waals surface area (Å²) in [5.41, 5.74) is 1.40. The predicted octanol–water partition coefficient (Wildman–Crippen LogP) is 9.80. The van der Waals surface area contributed by atoms with Crippen molar-refractivity contribution < 1.29 is 51.7 Å². The standard InChI is InChI=1S/C51H60ClF3N8O8/c1-29(36-22-37(51(53,54)55)25-38(23-36)59-50(68)69)56-46-40-26-39(44(70-3)27-42(40)57-30(2)58-46)33-4-6-34(7-5-33)47(65)61-16-10-31(11-17-61)15-21-71-28-32-12-18-62(19-13-32)48(66)35-8-9-41(52)43(24-35)63-20-14-45(64)60-49(63)67/h8-9,22-27,29,31-34,59H,4-7,10-21,28H2,1-3H3,(H,68,69)(H,56,57,58)(H,60,64,67)/t29-,33?,34?/m1/s1. The molecule has 4 aromatic rings. The number of hydrogen-bond acceptors (Lipinski definition) is 10. The second-order valence-electron chi connectivity index (χ2n) is 19.2. The molecule has 71 heavy (non-hydrogen) atoms. The minimum Gasteiger partial charge on any atom is -0.496 e. The van der Waals surface area contributed by atoms with Crippen molar-refractivity contribution in [1.29, 1.82) is 0 Å². The van der Waals surface area contributed by atoms with Crippen molar-refractivity contribution in [3.8, 4) is 5.75 Å². The van der Waals surface area contributed by atoms with E-state index >= 15 is 0 Å². The number of aromatic nitrogens is 2. The van der Waals surface area contributed by atoms with E-state index in [2.05, 4.69) is 20.6 Å². The molecule has 1 atom stereocenters. The molecule has 6 amide bonds. The fraction of sp³-hybridized carbons (Fsp3) is 0.510. The maximum absolute atomic E-state index is 13.8. The Labute approximate surface area is 415 Å². The molecule has 0 unspecified atom stereocenters. The highest BCUT2D eigenvalue weighted by Gasteiger charge is 2.35. The molecule has 0 spiro atoms. The van der Waals surface area contributed by atoms with Crippen LogP contribution in [0.4, 0.5) is 40.0 Å². The van der Waals surface area contributed by atoms with Gasteiger partial charge in [0.15, 0.2) is 0 Å². The fourth-order valence-electron chi connectivity index (χ4n) is 10.4. The van der Waals surface area contributed by atoms with Gasteiger partial charge in [0.2, 0.25) is 11.8 Å². The van der Waals surface area contributed by atoms with Gasteiger partial charge in [0, 0.05) is 81.0 Å². The monoisotopic (exact) mass is 1000 g/mol. The summed E-state index contributed by atoms with van der Waals surface area (Å²) < 4.78 is 53.5. The first-order valence-corrected chi connectivity index (χ1v) is 24.7. The molecule has 8 rings (SSSR count). The Balaban J connectivity index is 0.782. The molecule has 4 heterocycles. The zero-order chi connectivity index (χ0) is 50.6. The predicted molar refractivity (Wildman–Crippen MR) is 261 cm³/mol. The number of amides is 6. The lowest BCUT2D eigenvalue weighted by molar-refractivity contribution is -0.138. The number of carbonyl (C=O) groups is 5. The Kier molecular flexibility index (Phi) is 15.9. The van der Waals surface area contributed by atoms with Gasteiger partial charge in [0.25, 0.3) is 5.91 Å². The first-order valence-electron chi connectivity index (χ1n) is 24.4. The molecule has 3 aromatic carbocycles. The Morgan fingerprint density at radius 1 is 0.901 bits per heavy atom. The van der Waals surface area contributed by atoms with Crippen LogP contribution in [0.2, 0.25) is 5.02 Å². The van der Waals surface area contributed by atoms with E-state index in [1.807, 2.05) is 27.2 Å². The molecule has 3 aliphatic heterocycles. The van der Waals surface area contributed by atoms with E-state index in [0.29, 0.717) is 82.7 Å². The van der Waals surface area contributed by atoms with Crippen molar-refractivity contribution in [1.82, 2.24) is 25.1 Å². The first-order chi connectivity index (χ1) is 33.9. The molecular weight excluding hydrogens is 945 g/mol. The van der Waals surface area contributed by atoms with E-state index in [-0.39, 0.29) is 53.8 Å². The molecule has 1 aliphatic carbocycles. The maximum atomic E-state index is 13.8. The van der Waals surface area contributed by atoms with Crippen LogP contribution < -0.4 is 25.6 Å². The number of piperidine rings is 2. The minimum atomic E-state index is -4.70. The number of likely N-dealkylation sites (tertiary alicyclic amines) is 2. The summed E-state index contributed by atoms with van der Waals surface area (Å²) in [6, 6.07) is 10.6. The number of alkyl halides is 3. The number of urea groups is 1. The number of nitrogens with one attached hydrogen (secondary N) is 3. The molecule has 16 nitrogen and oxygen atoms in total. The van der Waals surface area contributed by atoms with Crippen LogP contribution in [0.25, 0.3) is 10.9 Å². The van der Waals surface area contributed by atoms with Gasteiger partial charge in [0.1, 0.15) is 17.4 Å². The number of halogens is 4. The second-order valence-corrected chi connectivity index (χ2v) is 19.6. The van der Waals surface area contributed by atoms with Crippen molar-refractivity contribution in [2.24, 2.45) is 17.8 Å². The average molecular weight is 1010 g/mol. The molecule has 1 aromatic heterocycles. The number of methoxy groups -OCH3 is 1. The number of benzene rings is 3. The highest BCUT2D eigenvalue weighted by molar-refractivity contribution is 6.34. The summed E-state index contributed by atoms with van der Waals surface area (Å²) >= 11 is 6.39. The van der Waals surface area contributed by atoms with Crippen LogP contribution in [-0.2, 0) is 20.5 Å². The van der Waals surface area contributed by atoms with Gasteiger partial charge in [-0.05, 0) is 143 Å². The number of rotatable bonds is 14. The lowest BCUT2D eigenvalue weighted by Crippen LogP contribution is -2.49. The summed E-state index contributed by atoms with van der Waals surface area (Å²) in [5.74, 6) is 2.09. The van der Waals surface area contributed by atoms with Crippen LogP contribution in [0.3, 0.4) is 0 Å². The number of carbonyl (C=O) groups excluding carboxylic acids is 4. The Morgan fingerprint density at radius 3 is 2.28 bits per heavy atom. The fourth-order valence-corrected chi connectivity index (χ4v) is 10.6. The number of aryl methyl sites for hydroxylation is 1. The van der Waals surface area contributed by atoms with Crippen LogP contribution in [0, 0.1) is 24.7 Å². The number of imide groups is 1. The van der Waals surface area contributed by atoms with Gasteiger partial charge in [0.05, 0.1) is 34.9 Å². The lowest BCUT2D eigenvalue weighted by atomic mass is 9.77. The van der Waals surface area contributed by atoms with E-state index < -0.39 is 29.9 Å². The Bertz CT molecular complexity index is 2650. The number of hydrogen-bond donors (Lipinski definition) is 4. The lowest BCUT2D eigenvalue weighted by Gasteiger charge is -2.36. The maximum Gasteiger partial charge on any atom is 0.416 e. The molecule has 0 bridgehead atoms. The molecule has 0 radical (unpaired) electrons. The van der Waals surface area contributed by atoms with Crippen molar-refractivity contribution in [3.63, 3.8) is 0 Å². The number of ether oxygens (including phenoxy) is 2. The molecule has 380 valence electrons. The van der Waals surface area contributed by atoms with Gasteiger partial charge in [-0.1, -0.05) is 11.6 Å². The molecule has 3 saturated heterocycles. The third-order valence-corrected chi connectivity index (χ3v) is 14.8. The van der Waals surface area contributed by atoms with Crippen molar-refractivity contribution in [2.75, 3.05) is 68.6 Å². The summed E-state index contributed by atoms with van der Waals surface area (Å²) in [5, 5.41) is 17.8. The molecular formula is C51H60ClF3N8O8. The molecule has 4 fully saturated rings. The molecule has 4 N–H and O–H groups in total. The van der Waals surface area contributed by atoms with Gasteiger partial charge < -0.3 is 29.7 Å².